The summed E-state index contributed by atoms with van der Waals surface area (Å²) >= 11 is 6.23. The van der Waals surface area contributed by atoms with Crippen LogP contribution in [0.1, 0.15) is 42.5 Å². The van der Waals surface area contributed by atoms with E-state index in [1.165, 1.54) is 12.1 Å². The molecule has 0 unspecified atom stereocenters. The molecule has 0 saturated heterocycles. The van der Waals surface area contributed by atoms with Gasteiger partial charge in [0.2, 0.25) is 11.8 Å². The molecule has 184 valence electrons. The number of nitrogens with one attached hydrogen (secondary N) is 1. The fraction of sp³-hybridized carbons (Fsp3) is 0.310. The van der Waals surface area contributed by atoms with E-state index in [2.05, 4.69) is 5.32 Å². The van der Waals surface area contributed by atoms with Crippen LogP contribution in [-0.2, 0) is 29.0 Å². The lowest BCUT2D eigenvalue weighted by Gasteiger charge is -2.32. The maximum absolute atomic E-state index is 14.5. The van der Waals surface area contributed by atoms with Crippen LogP contribution < -0.4 is 5.32 Å². The van der Waals surface area contributed by atoms with E-state index in [-0.39, 0.29) is 41.4 Å². The highest BCUT2D eigenvalue weighted by molar-refractivity contribution is 6.31. The van der Waals surface area contributed by atoms with Crippen LogP contribution in [-0.4, -0.2) is 28.8 Å². The number of hydrogen-bond acceptors (Lipinski definition) is 2. The second kappa shape index (κ2) is 12.5. The quantitative estimate of drug-likeness (QED) is 0.382. The first-order valence-corrected chi connectivity index (χ1v) is 12.3. The molecular formula is C29H32ClFN2O2. The summed E-state index contributed by atoms with van der Waals surface area (Å²) < 4.78 is 14.5. The molecule has 1 N–H and O–H groups in total. The molecule has 2 amide bonds. The molecule has 3 aromatic carbocycles. The molecule has 0 radical (unpaired) electrons. The molecule has 0 aliphatic rings. The molecule has 0 bridgehead atoms. The van der Waals surface area contributed by atoms with Crippen molar-refractivity contribution in [1.82, 2.24) is 10.2 Å². The van der Waals surface area contributed by atoms with Crippen molar-refractivity contribution >= 4 is 23.4 Å². The van der Waals surface area contributed by atoms with Gasteiger partial charge in [-0.05, 0) is 43.5 Å². The summed E-state index contributed by atoms with van der Waals surface area (Å²) in [5.74, 6) is -1.13. The Hall–Kier alpha value is -3.18. The van der Waals surface area contributed by atoms with Crippen molar-refractivity contribution in [1.29, 1.82) is 0 Å². The molecule has 6 heteroatoms. The number of nitrogens with zero attached hydrogens (tertiary/aromatic N) is 1. The minimum atomic E-state index is -0.772. The molecule has 4 nitrogen and oxygen atoms in total. The summed E-state index contributed by atoms with van der Waals surface area (Å²) in [6, 6.07) is 21.0. The van der Waals surface area contributed by atoms with Gasteiger partial charge in [-0.25, -0.2) is 4.39 Å². The first-order chi connectivity index (χ1) is 16.8. The van der Waals surface area contributed by atoms with Gasteiger partial charge < -0.3 is 10.2 Å². The molecule has 0 spiro atoms. The van der Waals surface area contributed by atoms with Gasteiger partial charge in [-0.2, -0.15) is 0 Å². The molecule has 0 fully saturated rings. The van der Waals surface area contributed by atoms with Crippen LogP contribution >= 0.6 is 11.6 Å². The summed E-state index contributed by atoms with van der Waals surface area (Å²) in [6.45, 7) is 6.14. The van der Waals surface area contributed by atoms with Gasteiger partial charge in [0, 0.05) is 29.6 Å². The average molecular weight is 495 g/mol. The molecule has 3 aromatic rings. The van der Waals surface area contributed by atoms with Gasteiger partial charge in [-0.1, -0.05) is 84.8 Å². The van der Waals surface area contributed by atoms with Crippen molar-refractivity contribution in [2.24, 2.45) is 0 Å². The highest BCUT2D eigenvalue weighted by Crippen LogP contribution is 2.22. The van der Waals surface area contributed by atoms with Crippen molar-refractivity contribution in [2.45, 2.75) is 58.7 Å². The first-order valence-electron chi connectivity index (χ1n) is 11.9. The SMILES string of the molecule is CC[C@@H](C)NC(=O)[C@@H](Cc1ccccc1)N(Cc1ccc(C)cc1)C(=O)Cc1c(F)cccc1Cl. The number of amides is 2. The normalized spacial score (nSPS) is 12.6. The molecule has 0 aliphatic carbocycles. The topological polar surface area (TPSA) is 49.4 Å². The third kappa shape index (κ3) is 7.40. The Morgan fingerprint density at radius 2 is 1.66 bits per heavy atom. The van der Waals surface area contributed by atoms with Gasteiger partial charge in [-0.15, -0.1) is 0 Å². The zero-order valence-electron chi connectivity index (χ0n) is 20.4. The second-order valence-corrected chi connectivity index (χ2v) is 9.31. The molecule has 35 heavy (non-hydrogen) atoms. The standard InChI is InChI=1S/C29H32ClFN2O2/c1-4-21(3)32-29(35)27(17-22-9-6-5-7-10-22)33(19-23-15-13-20(2)14-16-23)28(34)18-24-25(30)11-8-12-26(24)31/h5-16,21,27H,4,17-19H2,1-3H3,(H,32,35)/t21-,27-/m1/s1. The largest absolute Gasteiger partial charge is 0.352 e. The Bertz CT molecular complexity index is 1110. The number of aryl methyl sites for hydroxylation is 1. The molecule has 0 saturated carbocycles. The zero-order valence-corrected chi connectivity index (χ0v) is 21.2. The van der Waals surface area contributed by atoms with E-state index >= 15 is 0 Å². The highest BCUT2D eigenvalue weighted by Gasteiger charge is 2.31. The molecule has 3 rings (SSSR count). The predicted molar refractivity (Wildman–Crippen MR) is 139 cm³/mol. The van der Waals surface area contributed by atoms with E-state index in [4.69, 9.17) is 11.6 Å². The number of hydrogen-bond donors (Lipinski definition) is 1. The highest BCUT2D eigenvalue weighted by atomic mass is 35.5. The maximum atomic E-state index is 14.5. The van der Waals surface area contributed by atoms with Gasteiger partial charge >= 0.3 is 0 Å². The molecule has 0 aliphatic heterocycles. The number of carbonyl (C=O) groups is 2. The Kier molecular flexibility index (Phi) is 9.44. The summed E-state index contributed by atoms with van der Waals surface area (Å²) in [5, 5.41) is 3.23. The number of benzene rings is 3. The van der Waals surface area contributed by atoms with E-state index in [0.29, 0.717) is 6.42 Å². The lowest BCUT2D eigenvalue weighted by molar-refractivity contribution is -0.141. The van der Waals surface area contributed by atoms with E-state index in [1.54, 1.807) is 11.0 Å². The van der Waals surface area contributed by atoms with Crippen molar-refractivity contribution in [3.05, 3.63) is 106 Å². The van der Waals surface area contributed by atoms with Crippen LogP contribution in [0.2, 0.25) is 5.02 Å². The van der Waals surface area contributed by atoms with E-state index < -0.39 is 11.9 Å². The third-order valence-corrected chi connectivity index (χ3v) is 6.49. The average Bonchev–Trinajstić information content (AvgIpc) is 2.85. The molecule has 0 aromatic heterocycles. The fourth-order valence-electron chi connectivity index (χ4n) is 3.84. The smallest absolute Gasteiger partial charge is 0.243 e. The lowest BCUT2D eigenvalue weighted by atomic mass is 10.0. The van der Waals surface area contributed by atoms with Crippen LogP contribution in [0.3, 0.4) is 0 Å². The first kappa shape index (κ1) is 26.4. The van der Waals surface area contributed by atoms with Crippen molar-refractivity contribution in [2.75, 3.05) is 0 Å². The van der Waals surface area contributed by atoms with Gasteiger partial charge in [0.25, 0.3) is 0 Å². The predicted octanol–water partition coefficient (Wildman–Crippen LogP) is 5.88. The van der Waals surface area contributed by atoms with Crippen LogP contribution in [0.25, 0.3) is 0 Å². The van der Waals surface area contributed by atoms with Crippen LogP contribution in [0.4, 0.5) is 4.39 Å². The summed E-state index contributed by atoms with van der Waals surface area (Å²) in [4.78, 5) is 28.7. The maximum Gasteiger partial charge on any atom is 0.243 e. The number of rotatable bonds is 10. The zero-order chi connectivity index (χ0) is 25.4. The molecule has 2 atom stereocenters. The number of halogens is 2. The minimum absolute atomic E-state index is 0.0434. The van der Waals surface area contributed by atoms with Gasteiger partial charge in [0.1, 0.15) is 11.9 Å². The number of carbonyl (C=O) groups excluding carboxylic acids is 2. The second-order valence-electron chi connectivity index (χ2n) is 8.91. The summed E-state index contributed by atoms with van der Waals surface area (Å²) in [7, 11) is 0. The van der Waals surface area contributed by atoms with Gasteiger partial charge in [-0.3, -0.25) is 9.59 Å². The van der Waals surface area contributed by atoms with Crippen LogP contribution in [0.5, 0.6) is 0 Å². The Morgan fingerprint density at radius 3 is 2.29 bits per heavy atom. The fourth-order valence-corrected chi connectivity index (χ4v) is 4.07. The summed E-state index contributed by atoms with van der Waals surface area (Å²) in [6.07, 6.45) is 0.867. The molecular weight excluding hydrogens is 463 g/mol. The van der Waals surface area contributed by atoms with Crippen LogP contribution in [0.15, 0.2) is 72.8 Å². The van der Waals surface area contributed by atoms with Gasteiger partial charge in [0.05, 0.1) is 6.42 Å². The van der Waals surface area contributed by atoms with Crippen LogP contribution in [0, 0.1) is 12.7 Å². The third-order valence-electron chi connectivity index (χ3n) is 6.14. The Morgan fingerprint density at radius 1 is 0.971 bits per heavy atom. The van der Waals surface area contributed by atoms with Gasteiger partial charge in [0.15, 0.2) is 0 Å². The van der Waals surface area contributed by atoms with Crippen molar-refractivity contribution < 1.29 is 14.0 Å². The van der Waals surface area contributed by atoms with E-state index in [9.17, 15) is 14.0 Å². The Balaban J connectivity index is 2.00. The van der Waals surface area contributed by atoms with Crippen molar-refractivity contribution in [3.63, 3.8) is 0 Å². The lowest BCUT2D eigenvalue weighted by Crippen LogP contribution is -2.52. The Labute approximate surface area is 212 Å². The minimum Gasteiger partial charge on any atom is -0.352 e. The van der Waals surface area contributed by atoms with E-state index in [1.807, 2.05) is 75.4 Å². The molecule has 0 heterocycles. The summed E-state index contributed by atoms with van der Waals surface area (Å²) in [5.41, 5.74) is 3.05. The monoisotopic (exact) mass is 494 g/mol. The van der Waals surface area contributed by atoms with Crippen molar-refractivity contribution in [3.8, 4) is 0 Å². The van der Waals surface area contributed by atoms with E-state index in [0.717, 1.165) is 23.1 Å².